The van der Waals surface area contributed by atoms with Gasteiger partial charge in [-0.15, -0.1) is 0 Å². The summed E-state index contributed by atoms with van der Waals surface area (Å²) < 4.78 is 5.64. The third-order valence-corrected chi connectivity index (χ3v) is 6.42. The number of H-pyrrole nitrogens is 1. The summed E-state index contributed by atoms with van der Waals surface area (Å²) >= 11 is 5.83. The number of aromatic amines is 1. The number of pyridine rings is 1. The lowest BCUT2D eigenvalue weighted by atomic mass is 10.1. The maximum absolute atomic E-state index is 12.9. The number of hydrogen-bond acceptors (Lipinski definition) is 4. The van der Waals surface area contributed by atoms with Crippen molar-refractivity contribution in [3.05, 3.63) is 69.5 Å². The van der Waals surface area contributed by atoms with Gasteiger partial charge in [-0.2, -0.15) is 0 Å². The fourth-order valence-electron chi connectivity index (χ4n) is 4.01. The molecule has 3 aromatic rings. The molecule has 1 heterocycles. The molecule has 182 valence electrons. The summed E-state index contributed by atoms with van der Waals surface area (Å²) in [6.45, 7) is 15.0. The first-order valence-corrected chi connectivity index (χ1v) is 12.4. The van der Waals surface area contributed by atoms with E-state index >= 15 is 0 Å². The van der Waals surface area contributed by atoms with Crippen molar-refractivity contribution in [2.45, 2.75) is 41.2 Å². The summed E-state index contributed by atoms with van der Waals surface area (Å²) in [6, 6.07) is 13.9. The Balaban J connectivity index is 1.89. The van der Waals surface area contributed by atoms with E-state index in [2.05, 4.69) is 66.0 Å². The van der Waals surface area contributed by atoms with Gasteiger partial charge in [0.15, 0.2) is 5.11 Å². The average Bonchev–Trinajstić information content (AvgIpc) is 2.81. The molecule has 0 aliphatic rings. The van der Waals surface area contributed by atoms with Gasteiger partial charge >= 0.3 is 0 Å². The lowest BCUT2D eigenvalue weighted by Crippen LogP contribution is -2.41. The quantitative estimate of drug-likeness (QED) is 0.395. The van der Waals surface area contributed by atoms with Gasteiger partial charge in [0.2, 0.25) is 0 Å². The lowest BCUT2D eigenvalue weighted by molar-refractivity contribution is 0.266. The summed E-state index contributed by atoms with van der Waals surface area (Å²) in [5.74, 6) is 0.790. The van der Waals surface area contributed by atoms with E-state index in [0.29, 0.717) is 23.8 Å². The molecule has 0 saturated heterocycles. The maximum atomic E-state index is 12.9. The SMILES string of the molecule is CCOc1ccc2[nH]c(=O)c(CN(CCN(CC)CC)C(=S)Nc3ccc(C)cc3C)cc2c1. The van der Waals surface area contributed by atoms with Crippen molar-refractivity contribution in [1.82, 2.24) is 14.8 Å². The van der Waals surface area contributed by atoms with Crippen LogP contribution in [0.25, 0.3) is 10.9 Å². The number of fused-ring (bicyclic) bond motifs is 1. The molecule has 0 aliphatic heterocycles. The predicted molar refractivity (Wildman–Crippen MR) is 146 cm³/mol. The number of nitrogens with zero attached hydrogens (tertiary/aromatic N) is 2. The number of hydrogen-bond donors (Lipinski definition) is 2. The molecule has 0 spiro atoms. The second kappa shape index (κ2) is 12.0. The normalized spacial score (nSPS) is 11.1. The molecule has 2 N–H and O–H groups in total. The number of aryl methyl sites for hydroxylation is 2. The van der Waals surface area contributed by atoms with Crippen molar-refractivity contribution in [1.29, 1.82) is 0 Å². The van der Waals surface area contributed by atoms with Crippen molar-refractivity contribution in [2.75, 3.05) is 38.1 Å². The Kier molecular flexibility index (Phi) is 9.07. The number of nitrogens with one attached hydrogen (secondary N) is 2. The molecule has 0 saturated carbocycles. The van der Waals surface area contributed by atoms with E-state index < -0.39 is 0 Å². The van der Waals surface area contributed by atoms with E-state index in [1.54, 1.807) is 0 Å². The van der Waals surface area contributed by atoms with Crippen LogP contribution in [-0.4, -0.2) is 52.7 Å². The molecule has 0 amide bonds. The van der Waals surface area contributed by atoms with Gasteiger partial charge in [-0.3, -0.25) is 4.79 Å². The monoisotopic (exact) mass is 480 g/mol. The molecule has 34 heavy (non-hydrogen) atoms. The smallest absolute Gasteiger partial charge is 0.253 e. The molecule has 0 fully saturated rings. The van der Waals surface area contributed by atoms with E-state index in [1.807, 2.05) is 31.2 Å². The Morgan fingerprint density at radius 3 is 2.47 bits per heavy atom. The molecule has 0 unspecified atom stereocenters. The van der Waals surface area contributed by atoms with Gasteiger partial charge in [-0.05, 0) is 82.0 Å². The first-order valence-electron chi connectivity index (χ1n) is 12.0. The Hall–Kier alpha value is -2.90. The molecule has 1 aromatic heterocycles. The van der Waals surface area contributed by atoms with Gasteiger partial charge in [0, 0.05) is 35.2 Å². The number of rotatable bonds is 10. The fourth-order valence-corrected chi connectivity index (χ4v) is 4.28. The standard InChI is InChI=1S/C27H36N4O2S/c1-6-30(7-2)13-14-31(27(34)29-24-11-9-19(4)15-20(24)5)18-22-16-21-17-23(33-8-3)10-12-25(21)28-26(22)32/h9-12,15-17H,6-8,13-14,18H2,1-5H3,(H,28,32)(H,29,34). The largest absolute Gasteiger partial charge is 0.494 e. The highest BCUT2D eigenvalue weighted by Gasteiger charge is 2.16. The highest BCUT2D eigenvalue weighted by molar-refractivity contribution is 7.80. The third-order valence-electron chi connectivity index (χ3n) is 6.06. The van der Waals surface area contributed by atoms with Gasteiger partial charge in [0.25, 0.3) is 5.56 Å². The molecule has 0 bridgehead atoms. The van der Waals surface area contributed by atoms with Crippen molar-refractivity contribution in [3.8, 4) is 5.75 Å². The number of benzene rings is 2. The lowest BCUT2D eigenvalue weighted by Gasteiger charge is -2.29. The summed E-state index contributed by atoms with van der Waals surface area (Å²) in [5, 5.41) is 4.96. The number of likely N-dealkylation sites (N-methyl/N-ethyl adjacent to an activating group) is 1. The van der Waals surface area contributed by atoms with Crippen LogP contribution in [0, 0.1) is 13.8 Å². The van der Waals surface area contributed by atoms with E-state index in [4.69, 9.17) is 17.0 Å². The second-order valence-electron chi connectivity index (χ2n) is 8.50. The van der Waals surface area contributed by atoms with E-state index in [0.717, 1.165) is 54.1 Å². The Morgan fingerprint density at radius 2 is 1.79 bits per heavy atom. The van der Waals surface area contributed by atoms with Crippen LogP contribution in [0.2, 0.25) is 0 Å². The van der Waals surface area contributed by atoms with Crippen LogP contribution in [0.1, 0.15) is 37.5 Å². The van der Waals surface area contributed by atoms with E-state index in [9.17, 15) is 4.79 Å². The number of aromatic nitrogens is 1. The van der Waals surface area contributed by atoms with Gasteiger partial charge in [0.1, 0.15) is 5.75 Å². The molecule has 3 rings (SSSR count). The van der Waals surface area contributed by atoms with Crippen LogP contribution in [0.15, 0.2) is 47.3 Å². The number of thiocarbonyl (C=S) groups is 1. The maximum Gasteiger partial charge on any atom is 0.253 e. The Labute approximate surface area is 207 Å². The van der Waals surface area contributed by atoms with Gasteiger partial charge in [0.05, 0.1) is 13.2 Å². The van der Waals surface area contributed by atoms with Gasteiger partial charge < -0.3 is 24.8 Å². The molecule has 0 atom stereocenters. The zero-order valence-electron chi connectivity index (χ0n) is 20.9. The van der Waals surface area contributed by atoms with Crippen molar-refractivity contribution >= 4 is 33.9 Å². The zero-order chi connectivity index (χ0) is 24.7. The topological polar surface area (TPSA) is 60.6 Å². The first-order chi connectivity index (χ1) is 16.3. The fraction of sp³-hybridized carbons (Fsp3) is 0.407. The summed E-state index contributed by atoms with van der Waals surface area (Å²) in [6.07, 6.45) is 0. The predicted octanol–water partition coefficient (Wildman–Crippen LogP) is 5.08. The van der Waals surface area contributed by atoms with Crippen LogP contribution in [-0.2, 0) is 6.54 Å². The average molecular weight is 481 g/mol. The number of ether oxygens (including phenoxy) is 1. The highest BCUT2D eigenvalue weighted by atomic mass is 32.1. The molecule has 2 aromatic carbocycles. The molecule has 6 nitrogen and oxygen atoms in total. The third kappa shape index (κ3) is 6.58. The minimum atomic E-state index is -0.0983. The van der Waals surface area contributed by atoms with Crippen molar-refractivity contribution < 1.29 is 4.74 Å². The molecule has 0 aliphatic carbocycles. The van der Waals surface area contributed by atoms with Gasteiger partial charge in [-0.25, -0.2) is 0 Å². The molecule has 7 heteroatoms. The van der Waals surface area contributed by atoms with Crippen molar-refractivity contribution in [3.63, 3.8) is 0 Å². The molecule has 0 radical (unpaired) electrons. The van der Waals surface area contributed by atoms with Crippen LogP contribution in [0.3, 0.4) is 0 Å². The minimum Gasteiger partial charge on any atom is -0.494 e. The Morgan fingerprint density at radius 1 is 1.03 bits per heavy atom. The minimum absolute atomic E-state index is 0.0983. The molecular formula is C27H36N4O2S. The number of anilines is 1. The summed E-state index contributed by atoms with van der Waals surface area (Å²) in [7, 11) is 0. The van der Waals surface area contributed by atoms with Crippen LogP contribution >= 0.6 is 12.2 Å². The van der Waals surface area contributed by atoms with Crippen LogP contribution < -0.4 is 15.6 Å². The van der Waals surface area contributed by atoms with E-state index in [1.165, 1.54) is 5.56 Å². The molecular weight excluding hydrogens is 444 g/mol. The van der Waals surface area contributed by atoms with Crippen LogP contribution in [0.4, 0.5) is 5.69 Å². The summed E-state index contributed by atoms with van der Waals surface area (Å²) in [4.78, 5) is 20.4. The second-order valence-corrected chi connectivity index (χ2v) is 8.89. The summed E-state index contributed by atoms with van der Waals surface area (Å²) in [5.41, 5.74) is 4.70. The van der Waals surface area contributed by atoms with Gasteiger partial charge in [-0.1, -0.05) is 31.5 Å². The van der Waals surface area contributed by atoms with E-state index in [-0.39, 0.29) is 5.56 Å². The first kappa shape index (κ1) is 25.7. The van der Waals surface area contributed by atoms with Crippen LogP contribution in [0.5, 0.6) is 5.75 Å². The Bertz CT molecular complexity index is 1190. The zero-order valence-corrected chi connectivity index (χ0v) is 21.7. The highest BCUT2D eigenvalue weighted by Crippen LogP contribution is 2.21. The van der Waals surface area contributed by atoms with Crippen molar-refractivity contribution in [2.24, 2.45) is 0 Å².